The van der Waals surface area contributed by atoms with Crippen molar-refractivity contribution in [1.29, 1.82) is 0 Å². The van der Waals surface area contributed by atoms with Gasteiger partial charge in [0, 0.05) is 0 Å². The third kappa shape index (κ3) is 2.20. The molecule has 2 rings (SSSR count). The molecular formula is C11H11F3N2O. The highest BCUT2D eigenvalue weighted by Gasteiger charge is 2.36. The number of benzene rings is 1. The van der Waals surface area contributed by atoms with Crippen molar-refractivity contribution < 1.29 is 17.9 Å². The van der Waals surface area contributed by atoms with Gasteiger partial charge in [0.25, 0.3) is 6.02 Å². The quantitative estimate of drug-likeness (QED) is 0.823. The van der Waals surface area contributed by atoms with Crippen LogP contribution in [0.3, 0.4) is 0 Å². The van der Waals surface area contributed by atoms with Crippen LogP contribution in [0.5, 0.6) is 0 Å². The molecule has 17 heavy (non-hydrogen) atoms. The first-order valence-corrected chi connectivity index (χ1v) is 4.97. The van der Waals surface area contributed by atoms with Gasteiger partial charge in [-0.05, 0) is 24.6 Å². The van der Waals surface area contributed by atoms with E-state index in [2.05, 4.69) is 4.99 Å². The summed E-state index contributed by atoms with van der Waals surface area (Å²) >= 11 is 0. The molecule has 6 heteroatoms. The third-order valence-corrected chi connectivity index (χ3v) is 2.67. The monoisotopic (exact) mass is 244 g/mol. The van der Waals surface area contributed by atoms with Crippen LogP contribution in [-0.2, 0) is 16.5 Å². The minimum Gasteiger partial charge on any atom is -0.462 e. The van der Waals surface area contributed by atoms with Gasteiger partial charge in [-0.1, -0.05) is 12.1 Å². The second-order valence-electron chi connectivity index (χ2n) is 4.09. The van der Waals surface area contributed by atoms with E-state index >= 15 is 0 Å². The molecule has 1 aromatic carbocycles. The molecule has 0 saturated carbocycles. The molecule has 0 fully saturated rings. The molecule has 92 valence electrons. The Morgan fingerprint density at radius 3 is 2.65 bits per heavy atom. The fourth-order valence-electron chi connectivity index (χ4n) is 1.70. The largest absolute Gasteiger partial charge is 0.462 e. The van der Waals surface area contributed by atoms with Crippen LogP contribution >= 0.6 is 0 Å². The third-order valence-electron chi connectivity index (χ3n) is 2.67. The van der Waals surface area contributed by atoms with E-state index in [1.54, 1.807) is 13.0 Å². The zero-order chi connectivity index (χ0) is 12.7. The van der Waals surface area contributed by atoms with Crippen LogP contribution in [0.15, 0.2) is 29.3 Å². The number of halogens is 3. The summed E-state index contributed by atoms with van der Waals surface area (Å²) < 4.78 is 42.7. The molecule has 1 aliphatic heterocycles. The second-order valence-corrected chi connectivity index (χ2v) is 4.09. The summed E-state index contributed by atoms with van der Waals surface area (Å²) in [6.07, 6.45) is -4.36. The number of ether oxygens (including phenoxy) is 1. The van der Waals surface area contributed by atoms with E-state index in [4.69, 9.17) is 10.5 Å². The van der Waals surface area contributed by atoms with Crippen LogP contribution in [0.1, 0.15) is 18.1 Å². The smallest absolute Gasteiger partial charge is 0.416 e. The van der Waals surface area contributed by atoms with Crippen LogP contribution in [0, 0.1) is 0 Å². The lowest BCUT2D eigenvalue weighted by Gasteiger charge is -2.19. The summed E-state index contributed by atoms with van der Waals surface area (Å²) in [6.45, 7) is 1.84. The van der Waals surface area contributed by atoms with Crippen molar-refractivity contribution in [3.8, 4) is 0 Å². The van der Waals surface area contributed by atoms with Crippen molar-refractivity contribution in [3.05, 3.63) is 35.4 Å². The summed E-state index contributed by atoms with van der Waals surface area (Å²) in [5.74, 6) is 0. The van der Waals surface area contributed by atoms with E-state index in [-0.39, 0.29) is 12.6 Å². The topological polar surface area (TPSA) is 47.6 Å². The van der Waals surface area contributed by atoms with Gasteiger partial charge in [-0.15, -0.1) is 0 Å². The lowest BCUT2D eigenvalue weighted by atomic mass is 9.92. The lowest BCUT2D eigenvalue weighted by molar-refractivity contribution is -0.137. The Labute approximate surface area is 96.1 Å². The summed E-state index contributed by atoms with van der Waals surface area (Å²) in [7, 11) is 0. The first-order valence-electron chi connectivity index (χ1n) is 4.97. The Bertz CT molecular complexity index is 470. The zero-order valence-electron chi connectivity index (χ0n) is 9.08. The Balaban J connectivity index is 2.41. The molecular weight excluding hydrogens is 233 g/mol. The fourth-order valence-corrected chi connectivity index (χ4v) is 1.70. The average Bonchev–Trinajstić information content (AvgIpc) is 2.59. The van der Waals surface area contributed by atoms with Crippen molar-refractivity contribution in [2.45, 2.75) is 18.6 Å². The van der Waals surface area contributed by atoms with E-state index in [1.807, 2.05) is 0 Å². The van der Waals surface area contributed by atoms with Crippen LogP contribution in [0.2, 0.25) is 0 Å². The molecule has 0 saturated heterocycles. The van der Waals surface area contributed by atoms with Crippen molar-refractivity contribution in [2.75, 3.05) is 6.61 Å². The van der Waals surface area contributed by atoms with Crippen molar-refractivity contribution in [2.24, 2.45) is 10.7 Å². The molecule has 2 N–H and O–H groups in total. The molecule has 0 radical (unpaired) electrons. The van der Waals surface area contributed by atoms with Crippen molar-refractivity contribution in [1.82, 2.24) is 0 Å². The van der Waals surface area contributed by atoms with Crippen LogP contribution in [0.4, 0.5) is 13.2 Å². The highest BCUT2D eigenvalue weighted by atomic mass is 19.4. The van der Waals surface area contributed by atoms with Gasteiger partial charge in [-0.25, -0.2) is 4.99 Å². The van der Waals surface area contributed by atoms with E-state index in [9.17, 15) is 13.2 Å². The number of aliphatic imine (C=N–C) groups is 1. The first kappa shape index (κ1) is 11.8. The number of hydrogen-bond acceptors (Lipinski definition) is 3. The Morgan fingerprint density at radius 1 is 1.41 bits per heavy atom. The van der Waals surface area contributed by atoms with Gasteiger partial charge in [0.05, 0.1) is 5.56 Å². The maximum Gasteiger partial charge on any atom is 0.416 e. The highest BCUT2D eigenvalue weighted by molar-refractivity contribution is 5.74. The molecule has 0 aliphatic carbocycles. The SMILES string of the molecule is C[C@@]1(c2cccc(C(F)(F)F)c2)COC(N)=N1. The Hall–Kier alpha value is -1.72. The molecule has 0 amide bonds. The highest BCUT2D eigenvalue weighted by Crippen LogP contribution is 2.34. The molecule has 0 unspecified atom stereocenters. The summed E-state index contributed by atoms with van der Waals surface area (Å²) in [5, 5.41) is 0. The average molecular weight is 244 g/mol. The summed E-state index contributed by atoms with van der Waals surface area (Å²) in [5.41, 5.74) is 4.28. The molecule has 0 bridgehead atoms. The predicted octanol–water partition coefficient (Wildman–Crippen LogP) is 2.27. The molecule has 1 atom stereocenters. The normalized spacial score (nSPS) is 24.4. The lowest BCUT2D eigenvalue weighted by Crippen LogP contribution is -2.21. The number of nitrogens with two attached hydrogens (primary N) is 1. The van der Waals surface area contributed by atoms with E-state index in [1.165, 1.54) is 6.07 Å². The molecule has 3 nitrogen and oxygen atoms in total. The predicted molar refractivity (Wildman–Crippen MR) is 56.4 cm³/mol. The number of amidine groups is 1. The number of nitrogens with zero attached hydrogens (tertiary/aromatic N) is 1. The van der Waals surface area contributed by atoms with E-state index in [0.29, 0.717) is 5.56 Å². The number of rotatable bonds is 1. The minimum atomic E-state index is -4.36. The van der Waals surface area contributed by atoms with Crippen LogP contribution in [-0.4, -0.2) is 12.6 Å². The summed E-state index contributed by atoms with van der Waals surface area (Å²) in [4.78, 5) is 4.02. The standard InChI is InChI=1S/C11H11F3N2O/c1-10(6-17-9(15)16-10)7-3-2-4-8(5-7)11(12,13)14/h2-5H,6H2,1H3,(H2,15,16)/t10-/m0/s1. The Morgan fingerprint density at radius 2 is 2.12 bits per heavy atom. The second kappa shape index (κ2) is 3.65. The zero-order valence-corrected chi connectivity index (χ0v) is 9.08. The number of hydrogen-bond donors (Lipinski definition) is 1. The maximum absolute atomic E-state index is 12.6. The molecule has 0 aromatic heterocycles. The van der Waals surface area contributed by atoms with Crippen molar-refractivity contribution >= 4 is 6.02 Å². The molecule has 1 heterocycles. The van der Waals surface area contributed by atoms with Crippen LogP contribution in [0.25, 0.3) is 0 Å². The number of alkyl halides is 3. The molecule has 1 aromatic rings. The van der Waals surface area contributed by atoms with E-state index < -0.39 is 17.3 Å². The van der Waals surface area contributed by atoms with Gasteiger partial charge in [0.2, 0.25) is 0 Å². The van der Waals surface area contributed by atoms with Gasteiger partial charge in [-0.3, -0.25) is 0 Å². The van der Waals surface area contributed by atoms with Gasteiger partial charge >= 0.3 is 6.18 Å². The van der Waals surface area contributed by atoms with E-state index in [0.717, 1.165) is 12.1 Å². The molecule has 1 aliphatic rings. The Kier molecular flexibility index (Phi) is 2.52. The van der Waals surface area contributed by atoms with Crippen molar-refractivity contribution in [3.63, 3.8) is 0 Å². The fraction of sp³-hybridized carbons (Fsp3) is 0.364. The van der Waals surface area contributed by atoms with Gasteiger partial charge < -0.3 is 10.5 Å². The van der Waals surface area contributed by atoms with Crippen LogP contribution < -0.4 is 5.73 Å². The minimum absolute atomic E-state index is 0.00455. The first-order chi connectivity index (χ1) is 7.81. The van der Waals surface area contributed by atoms with Gasteiger partial charge in [0.15, 0.2) is 0 Å². The molecule has 0 spiro atoms. The summed E-state index contributed by atoms with van der Waals surface area (Å²) in [6, 6.07) is 5.04. The maximum atomic E-state index is 12.6. The van der Waals surface area contributed by atoms with Gasteiger partial charge in [0.1, 0.15) is 12.1 Å². The van der Waals surface area contributed by atoms with Gasteiger partial charge in [-0.2, -0.15) is 13.2 Å².